The molecule has 1 aliphatic carbocycles. The predicted octanol–water partition coefficient (Wildman–Crippen LogP) is 2.66. The Morgan fingerprint density at radius 2 is 2.00 bits per heavy atom. The highest BCUT2D eigenvalue weighted by molar-refractivity contribution is 5.75. The first kappa shape index (κ1) is 11.0. The molecule has 0 aromatic heterocycles. The molecule has 3 nitrogen and oxygen atoms in total. The van der Waals surface area contributed by atoms with E-state index in [9.17, 15) is 4.79 Å². The first-order valence-corrected chi connectivity index (χ1v) is 5.57. The second-order valence-electron chi connectivity index (χ2n) is 4.52. The summed E-state index contributed by atoms with van der Waals surface area (Å²) in [4.78, 5) is 10.7. The number of hydrogen-bond donors (Lipinski definition) is 1. The molecule has 0 saturated heterocycles. The molecule has 1 aliphatic rings. The third-order valence-corrected chi connectivity index (χ3v) is 2.79. The number of carboxylic acids is 1. The van der Waals surface area contributed by atoms with Crippen LogP contribution in [0.5, 0.6) is 5.75 Å². The standard InChI is InChI=1S/C13H16O3/c1-8(2)16-10-5-3-9(4-6-10)11-7-12(11)13(14)15/h3-6,8,11-12H,7H2,1-2H3,(H,14,15)/t11-,12+/m0/s1. The van der Waals surface area contributed by atoms with Crippen LogP contribution < -0.4 is 4.74 Å². The van der Waals surface area contributed by atoms with Gasteiger partial charge in [-0.1, -0.05) is 12.1 Å². The fraction of sp³-hybridized carbons (Fsp3) is 0.462. The van der Waals surface area contributed by atoms with E-state index >= 15 is 0 Å². The minimum atomic E-state index is -0.687. The van der Waals surface area contributed by atoms with E-state index in [1.165, 1.54) is 0 Å². The monoisotopic (exact) mass is 220 g/mol. The van der Waals surface area contributed by atoms with Gasteiger partial charge in [0.25, 0.3) is 0 Å². The van der Waals surface area contributed by atoms with E-state index in [2.05, 4.69) is 0 Å². The minimum Gasteiger partial charge on any atom is -0.491 e. The maximum Gasteiger partial charge on any atom is 0.307 e. The van der Waals surface area contributed by atoms with E-state index < -0.39 is 5.97 Å². The van der Waals surface area contributed by atoms with Crippen LogP contribution in [0, 0.1) is 5.92 Å². The van der Waals surface area contributed by atoms with Crippen molar-refractivity contribution in [1.29, 1.82) is 0 Å². The summed E-state index contributed by atoms with van der Waals surface area (Å²) in [7, 11) is 0. The van der Waals surface area contributed by atoms with Gasteiger partial charge in [0.05, 0.1) is 12.0 Å². The van der Waals surface area contributed by atoms with Crippen molar-refractivity contribution in [3.63, 3.8) is 0 Å². The van der Waals surface area contributed by atoms with Crippen LogP contribution in [-0.2, 0) is 4.79 Å². The molecule has 1 aromatic rings. The van der Waals surface area contributed by atoms with Crippen molar-refractivity contribution in [2.24, 2.45) is 5.92 Å². The van der Waals surface area contributed by atoms with E-state index in [1.807, 2.05) is 38.1 Å². The molecule has 0 radical (unpaired) electrons. The number of rotatable bonds is 4. The lowest BCUT2D eigenvalue weighted by Gasteiger charge is -2.09. The molecule has 1 aromatic carbocycles. The zero-order chi connectivity index (χ0) is 11.7. The Balaban J connectivity index is 2.01. The maximum atomic E-state index is 10.7. The molecule has 0 spiro atoms. The molecule has 0 unspecified atom stereocenters. The van der Waals surface area contributed by atoms with Gasteiger partial charge in [0, 0.05) is 0 Å². The summed E-state index contributed by atoms with van der Waals surface area (Å²) in [5, 5.41) is 8.83. The van der Waals surface area contributed by atoms with Crippen molar-refractivity contribution in [1.82, 2.24) is 0 Å². The Labute approximate surface area is 95.0 Å². The van der Waals surface area contributed by atoms with Crippen LogP contribution in [-0.4, -0.2) is 17.2 Å². The van der Waals surface area contributed by atoms with Crippen molar-refractivity contribution in [3.8, 4) is 5.75 Å². The first-order chi connectivity index (χ1) is 7.58. The number of carboxylic acid groups (broad SMARTS) is 1. The average Bonchev–Trinajstić information content (AvgIpc) is 2.97. The van der Waals surface area contributed by atoms with Crippen molar-refractivity contribution in [3.05, 3.63) is 29.8 Å². The quantitative estimate of drug-likeness (QED) is 0.848. The Bertz CT molecular complexity index is 381. The third-order valence-electron chi connectivity index (χ3n) is 2.79. The van der Waals surface area contributed by atoms with Gasteiger partial charge < -0.3 is 9.84 Å². The molecule has 0 amide bonds. The lowest BCUT2D eigenvalue weighted by molar-refractivity contribution is -0.138. The number of carbonyl (C=O) groups is 1. The molecule has 0 bridgehead atoms. The molecular weight excluding hydrogens is 204 g/mol. The van der Waals surface area contributed by atoms with Crippen LogP contribution >= 0.6 is 0 Å². The Hall–Kier alpha value is -1.51. The van der Waals surface area contributed by atoms with Gasteiger partial charge in [-0.2, -0.15) is 0 Å². The molecule has 0 aliphatic heterocycles. The van der Waals surface area contributed by atoms with E-state index in [1.54, 1.807) is 0 Å². The largest absolute Gasteiger partial charge is 0.491 e. The van der Waals surface area contributed by atoms with Gasteiger partial charge in [0.1, 0.15) is 5.75 Å². The van der Waals surface area contributed by atoms with E-state index in [-0.39, 0.29) is 17.9 Å². The molecule has 0 heterocycles. The van der Waals surface area contributed by atoms with Gasteiger partial charge in [-0.05, 0) is 43.9 Å². The second kappa shape index (κ2) is 4.16. The Kier molecular flexibility index (Phi) is 2.86. The summed E-state index contributed by atoms with van der Waals surface area (Å²) in [5.74, 6) is 0.168. The zero-order valence-corrected chi connectivity index (χ0v) is 9.51. The van der Waals surface area contributed by atoms with Gasteiger partial charge in [-0.3, -0.25) is 4.79 Å². The summed E-state index contributed by atoms with van der Waals surface area (Å²) < 4.78 is 5.53. The van der Waals surface area contributed by atoms with Gasteiger partial charge in [-0.15, -0.1) is 0 Å². The van der Waals surface area contributed by atoms with Crippen LogP contribution in [0.25, 0.3) is 0 Å². The fourth-order valence-electron chi connectivity index (χ4n) is 1.90. The normalized spacial score (nSPS) is 23.2. The highest BCUT2D eigenvalue weighted by Gasteiger charge is 2.43. The number of aliphatic carboxylic acids is 1. The van der Waals surface area contributed by atoms with Gasteiger partial charge in [0.15, 0.2) is 0 Å². The van der Waals surface area contributed by atoms with E-state index in [4.69, 9.17) is 9.84 Å². The topological polar surface area (TPSA) is 46.5 Å². The van der Waals surface area contributed by atoms with Crippen molar-refractivity contribution < 1.29 is 14.6 Å². The summed E-state index contributed by atoms with van der Waals surface area (Å²) in [6.45, 7) is 3.96. The Morgan fingerprint density at radius 1 is 1.38 bits per heavy atom. The third kappa shape index (κ3) is 2.35. The summed E-state index contributed by atoms with van der Waals surface area (Å²) >= 11 is 0. The molecule has 3 heteroatoms. The summed E-state index contributed by atoms with van der Waals surface area (Å²) in [6.07, 6.45) is 0.929. The van der Waals surface area contributed by atoms with Crippen LogP contribution in [0.1, 0.15) is 31.7 Å². The second-order valence-corrected chi connectivity index (χ2v) is 4.52. The lowest BCUT2D eigenvalue weighted by Crippen LogP contribution is -2.05. The van der Waals surface area contributed by atoms with Gasteiger partial charge in [0.2, 0.25) is 0 Å². The highest BCUT2D eigenvalue weighted by Crippen LogP contribution is 2.47. The zero-order valence-electron chi connectivity index (χ0n) is 9.51. The molecule has 1 saturated carbocycles. The summed E-state index contributed by atoms with van der Waals surface area (Å²) in [5.41, 5.74) is 1.10. The molecule has 86 valence electrons. The van der Waals surface area contributed by atoms with Crippen LogP contribution in [0.2, 0.25) is 0 Å². The lowest BCUT2D eigenvalue weighted by atomic mass is 10.1. The fourth-order valence-corrected chi connectivity index (χ4v) is 1.90. The van der Waals surface area contributed by atoms with Gasteiger partial charge in [-0.25, -0.2) is 0 Å². The number of benzene rings is 1. The molecule has 2 atom stereocenters. The number of hydrogen-bond acceptors (Lipinski definition) is 2. The number of ether oxygens (including phenoxy) is 1. The highest BCUT2D eigenvalue weighted by atomic mass is 16.5. The van der Waals surface area contributed by atoms with Crippen LogP contribution in [0.15, 0.2) is 24.3 Å². The van der Waals surface area contributed by atoms with Crippen molar-refractivity contribution >= 4 is 5.97 Å². The maximum absolute atomic E-state index is 10.7. The Morgan fingerprint density at radius 3 is 2.44 bits per heavy atom. The molecular formula is C13H16O3. The predicted molar refractivity (Wildman–Crippen MR) is 60.7 cm³/mol. The minimum absolute atomic E-state index is 0.165. The van der Waals surface area contributed by atoms with Crippen molar-refractivity contribution in [2.75, 3.05) is 0 Å². The first-order valence-electron chi connectivity index (χ1n) is 5.57. The SMILES string of the molecule is CC(C)Oc1ccc([C@@H]2C[C@H]2C(=O)O)cc1. The molecule has 1 fully saturated rings. The molecule has 2 rings (SSSR count). The van der Waals surface area contributed by atoms with Crippen LogP contribution in [0.3, 0.4) is 0 Å². The van der Waals surface area contributed by atoms with E-state index in [0.717, 1.165) is 17.7 Å². The molecule has 16 heavy (non-hydrogen) atoms. The summed E-state index contributed by atoms with van der Waals surface area (Å²) in [6, 6.07) is 7.75. The van der Waals surface area contributed by atoms with Gasteiger partial charge >= 0.3 is 5.97 Å². The smallest absolute Gasteiger partial charge is 0.307 e. The molecule has 1 N–H and O–H groups in total. The van der Waals surface area contributed by atoms with Crippen LogP contribution in [0.4, 0.5) is 0 Å². The average molecular weight is 220 g/mol. The van der Waals surface area contributed by atoms with E-state index in [0.29, 0.717) is 0 Å². The van der Waals surface area contributed by atoms with Crippen molar-refractivity contribution in [2.45, 2.75) is 32.3 Å².